The SMILES string of the molecule is COC(=O)C(CO)NC(=O)c1ccc(I)c(O)c1. The molecule has 0 aliphatic heterocycles. The molecule has 1 atom stereocenters. The van der Waals surface area contributed by atoms with Crippen LogP contribution in [0.3, 0.4) is 0 Å². The van der Waals surface area contributed by atoms with E-state index < -0.39 is 24.5 Å². The van der Waals surface area contributed by atoms with Crippen LogP contribution in [-0.4, -0.2) is 41.8 Å². The van der Waals surface area contributed by atoms with Gasteiger partial charge in [-0.2, -0.15) is 0 Å². The summed E-state index contributed by atoms with van der Waals surface area (Å²) in [6.07, 6.45) is 0. The van der Waals surface area contributed by atoms with Gasteiger partial charge in [0.2, 0.25) is 0 Å². The third-order valence-corrected chi connectivity index (χ3v) is 3.09. The lowest BCUT2D eigenvalue weighted by atomic mass is 10.2. The topological polar surface area (TPSA) is 95.9 Å². The van der Waals surface area contributed by atoms with Gasteiger partial charge in [-0.15, -0.1) is 0 Å². The van der Waals surface area contributed by atoms with Gasteiger partial charge < -0.3 is 20.3 Å². The molecule has 1 unspecified atom stereocenters. The highest BCUT2D eigenvalue weighted by atomic mass is 127. The Morgan fingerprint density at radius 1 is 1.50 bits per heavy atom. The van der Waals surface area contributed by atoms with E-state index in [1.54, 1.807) is 6.07 Å². The van der Waals surface area contributed by atoms with Gasteiger partial charge >= 0.3 is 5.97 Å². The van der Waals surface area contributed by atoms with Crippen molar-refractivity contribution in [3.8, 4) is 5.75 Å². The van der Waals surface area contributed by atoms with Crippen LogP contribution in [0, 0.1) is 3.57 Å². The highest BCUT2D eigenvalue weighted by Crippen LogP contribution is 2.20. The molecule has 0 aliphatic carbocycles. The molecule has 1 aromatic carbocycles. The van der Waals surface area contributed by atoms with Crippen LogP contribution in [0.5, 0.6) is 5.75 Å². The first-order chi connectivity index (χ1) is 8.49. The fourth-order valence-electron chi connectivity index (χ4n) is 1.22. The monoisotopic (exact) mass is 365 g/mol. The molecule has 0 saturated carbocycles. The lowest BCUT2D eigenvalue weighted by Gasteiger charge is -2.13. The molecule has 0 aromatic heterocycles. The highest BCUT2D eigenvalue weighted by Gasteiger charge is 2.21. The number of aromatic hydroxyl groups is 1. The van der Waals surface area contributed by atoms with Crippen molar-refractivity contribution in [3.63, 3.8) is 0 Å². The lowest BCUT2D eigenvalue weighted by Crippen LogP contribution is -2.44. The normalized spacial score (nSPS) is 11.7. The van der Waals surface area contributed by atoms with Crippen molar-refractivity contribution >= 4 is 34.5 Å². The van der Waals surface area contributed by atoms with E-state index in [-0.39, 0.29) is 11.3 Å². The van der Waals surface area contributed by atoms with Crippen LogP contribution >= 0.6 is 22.6 Å². The van der Waals surface area contributed by atoms with E-state index in [2.05, 4.69) is 10.1 Å². The summed E-state index contributed by atoms with van der Waals surface area (Å²) < 4.78 is 5.03. The van der Waals surface area contributed by atoms with Gasteiger partial charge in [0.15, 0.2) is 6.04 Å². The van der Waals surface area contributed by atoms with Gasteiger partial charge in [0.1, 0.15) is 5.75 Å². The number of aliphatic hydroxyl groups is 1. The molecule has 98 valence electrons. The van der Waals surface area contributed by atoms with Crippen LogP contribution in [0.15, 0.2) is 18.2 Å². The average molecular weight is 365 g/mol. The number of carbonyl (C=O) groups is 2. The van der Waals surface area contributed by atoms with Crippen molar-refractivity contribution in [2.45, 2.75) is 6.04 Å². The Morgan fingerprint density at radius 3 is 2.67 bits per heavy atom. The molecule has 0 heterocycles. The van der Waals surface area contributed by atoms with Gasteiger partial charge in [-0.3, -0.25) is 4.79 Å². The summed E-state index contributed by atoms with van der Waals surface area (Å²) in [6.45, 7) is -0.561. The number of aliphatic hydroxyl groups excluding tert-OH is 1. The maximum absolute atomic E-state index is 11.8. The van der Waals surface area contributed by atoms with Crippen LogP contribution in [0.4, 0.5) is 0 Å². The van der Waals surface area contributed by atoms with Crippen LogP contribution in [0.1, 0.15) is 10.4 Å². The molecule has 1 rings (SSSR count). The third kappa shape index (κ3) is 3.57. The first-order valence-electron chi connectivity index (χ1n) is 4.97. The summed E-state index contributed by atoms with van der Waals surface area (Å²) in [5, 5.41) is 20.7. The summed E-state index contributed by atoms with van der Waals surface area (Å²) in [4.78, 5) is 22.9. The zero-order valence-corrected chi connectivity index (χ0v) is 11.7. The van der Waals surface area contributed by atoms with E-state index in [0.29, 0.717) is 3.57 Å². The largest absolute Gasteiger partial charge is 0.507 e. The maximum atomic E-state index is 11.8. The lowest BCUT2D eigenvalue weighted by molar-refractivity contribution is -0.143. The van der Waals surface area contributed by atoms with Gasteiger partial charge in [0.05, 0.1) is 17.3 Å². The zero-order valence-electron chi connectivity index (χ0n) is 9.51. The summed E-state index contributed by atoms with van der Waals surface area (Å²) in [5.41, 5.74) is 0.190. The van der Waals surface area contributed by atoms with E-state index in [0.717, 1.165) is 7.11 Å². The Balaban J connectivity index is 2.81. The Hall–Kier alpha value is -1.35. The molecular weight excluding hydrogens is 353 g/mol. The van der Waals surface area contributed by atoms with Crippen molar-refractivity contribution in [1.82, 2.24) is 5.32 Å². The second-order valence-corrected chi connectivity index (χ2v) is 4.56. The molecular formula is C11H12INO5. The fraction of sp³-hybridized carbons (Fsp3) is 0.273. The number of esters is 1. The summed E-state index contributed by atoms with van der Waals surface area (Å²) in [5.74, 6) is -1.34. The van der Waals surface area contributed by atoms with Gasteiger partial charge in [-0.1, -0.05) is 0 Å². The minimum atomic E-state index is -1.12. The molecule has 0 radical (unpaired) electrons. The minimum absolute atomic E-state index is 0.0260. The molecule has 0 saturated heterocycles. The molecule has 6 nitrogen and oxygen atoms in total. The van der Waals surface area contributed by atoms with Gasteiger partial charge in [0, 0.05) is 5.56 Å². The van der Waals surface area contributed by atoms with Crippen LogP contribution in [0.25, 0.3) is 0 Å². The van der Waals surface area contributed by atoms with Crippen molar-refractivity contribution in [1.29, 1.82) is 0 Å². The number of methoxy groups -OCH3 is 1. The Labute approximate surface area is 117 Å². The number of phenols is 1. The molecule has 3 N–H and O–H groups in total. The summed E-state index contributed by atoms with van der Waals surface area (Å²) in [6, 6.07) is 3.23. The van der Waals surface area contributed by atoms with Gasteiger partial charge in [0.25, 0.3) is 5.91 Å². The number of phenolic OH excluding ortho intramolecular Hbond substituents is 1. The van der Waals surface area contributed by atoms with E-state index in [9.17, 15) is 14.7 Å². The van der Waals surface area contributed by atoms with Crippen LogP contribution < -0.4 is 5.32 Å². The van der Waals surface area contributed by atoms with Crippen molar-refractivity contribution in [3.05, 3.63) is 27.3 Å². The number of ether oxygens (including phenoxy) is 1. The number of carbonyl (C=O) groups excluding carboxylic acids is 2. The van der Waals surface area contributed by atoms with E-state index in [4.69, 9.17) is 5.11 Å². The van der Waals surface area contributed by atoms with Crippen LogP contribution in [0.2, 0.25) is 0 Å². The van der Waals surface area contributed by atoms with Crippen molar-refractivity contribution < 1.29 is 24.5 Å². The summed E-state index contributed by atoms with van der Waals surface area (Å²) >= 11 is 1.92. The Morgan fingerprint density at radius 2 is 2.17 bits per heavy atom. The third-order valence-electron chi connectivity index (χ3n) is 2.18. The molecule has 7 heteroatoms. The maximum Gasteiger partial charge on any atom is 0.330 e. The molecule has 1 amide bonds. The van der Waals surface area contributed by atoms with E-state index in [1.807, 2.05) is 22.6 Å². The number of benzene rings is 1. The molecule has 1 aromatic rings. The second-order valence-electron chi connectivity index (χ2n) is 3.40. The van der Waals surface area contributed by atoms with Gasteiger partial charge in [-0.25, -0.2) is 4.79 Å². The smallest absolute Gasteiger partial charge is 0.330 e. The molecule has 0 bridgehead atoms. The zero-order chi connectivity index (χ0) is 13.7. The first-order valence-corrected chi connectivity index (χ1v) is 6.05. The number of hydrogen-bond acceptors (Lipinski definition) is 5. The summed E-state index contributed by atoms with van der Waals surface area (Å²) in [7, 11) is 1.16. The Bertz CT molecular complexity index is 463. The number of hydrogen-bond donors (Lipinski definition) is 3. The van der Waals surface area contributed by atoms with Crippen molar-refractivity contribution in [2.24, 2.45) is 0 Å². The fourth-order valence-corrected chi connectivity index (χ4v) is 1.55. The quantitative estimate of drug-likeness (QED) is 0.526. The second kappa shape index (κ2) is 6.55. The predicted octanol–water partition coefficient (Wildman–Crippen LogP) is 0.260. The predicted molar refractivity (Wildman–Crippen MR) is 71.2 cm³/mol. The molecule has 0 spiro atoms. The van der Waals surface area contributed by atoms with E-state index >= 15 is 0 Å². The number of rotatable bonds is 4. The number of nitrogens with one attached hydrogen (secondary N) is 1. The standard InChI is InChI=1S/C11H12INO5/c1-18-11(17)8(5-14)13-10(16)6-2-3-7(12)9(15)4-6/h2-4,8,14-15H,5H2,1H3,(H,13,16). The highest BCUT2D eigenvalue weighted by molar-refractivity contribution is 14.1. The molecule has 0 aliphatic rings. The number of amides is 1. The number of halogens is 1. The molecule has 18 heavy (non-hydrogen) atoms. The first kappa shape index (κ1) is 14.7. The molecule has 0 fully saturated rings. The Kier molecular flexibility index (Phi) is 5.35. The van der Waals surface area contributed by atoms with Gasteiger partial charge in [-0.05, 0) is 40.8 Å². The van der Waals surface area contributed by atoms with E-state index in [1.165, 1.54) is 12.1 Å². The van der Waals surface area contributed by atoms with Crippen molar-refractivity contribution in [2.75, 3.05) is 13.7 Å². The average Bonchev–Trinajstić information content (AvgIpc) is 2.37. The van der Waals surface area contributed by atoms with Crippen LogP contribution in [-0.2, 0) is 9.53 Å². The minimum Gasteiger partial charge on any atom is -0.507 e.